The Hall–Kier alpha value is -3.36. The second-order valence-electron chi connectivity index (χ2n) is 5.94. The van der Waals surface area contributed by atoms with Crippen LogP contribution in [0.25, 0.3) is 0 Å². The number of aliphatic imine (C=N–C) groups is 1. The highest BCUT2D eigenvalue weighted by atomic mass is 19.4. The first-order valence-corrected chi connectivity index (χ1v) is 8.33. The molecule has 0 atom stereocenters. The van der Waals surface area contributed by atoms with Crippen LogP contribution in [0.2, 0.25) is 0 Å². The molecule has 0 bridgehead atoms. The maximum atomic E-state index is 12.7. The summed E-state index contributed by atoms with van der Waals surface area (Å²) in [6, 6.07) is 16.3. The van der Waals surface area contributed by atoms with Crippen LogP contribution in [0.4, 0.5) is 13.2 Å². The molecule has 2 aromatic carbocycles. The summed E-state index contributed by atoms with van der Waals surface area (Å²) < 4.78 is 38.0. The first-order valence-electron chi connectivity index (χ1n) is 8.33. The van der Waals surface area contributed by atoms with Gasteiger partial charge < -0.3 is 4.84 Å². The number of alkyl halides is 3. The van der Waals surface area contributed by atoms with E-state index >= 15 is 0 Å². The van der Waals surface area contributed by atoms with Crippen molar-refractivity contribution in [2.45, 2.75) is 6.18 Å². The lowest BCUT2D eigenvalue weighted by atomic mass is 10.00. The minimum atomic E-state index is -4.52. The number of carbonyl (C=O) groups is 1. The molecule has 9 heteroatoms. The Labute approximate surface area is 159 Å². The average Bonchev–Trinajstić information content (AvgIpc) is 2.67. The molecule has 0 aromatic heterocycles. The lowest BCUT2D eigenvalue weighted by Gasteiger charge is -2.29. The number of hydrogen-bond donors (Lipinski definition) is 1. The zero-order valence-corrected chi connectivity index (χ0v) is 14.9. The minimum absolute atomic E-state index is 0.176. The van der Waals surface area contributed by atoms with Crippen molar-refractivity contribution in [3.63, 3.8) is 0 Å². The topological polar surface area (TPSA) is 66.3 Å². The van der Waals surface area contributed by atoms with Crippen molar-refractivity contribution in [1.29, 1.82) is 0 Å². The molecule has 146 valence electrons. The Morgan fingerprint density at radius 1 is 1.18 bits per heavy atom. The molecule has 6 nitrogen and oxygen atoms in total. The van der Waals surface area contributed by atoms with Crippen LogP contribution in [0.15, 0.2) is 64.7 Å². The molecule has 1 amide bonds. The highest BCUT2D eigenvalue weighted by Gasteiger charge is 2.35. The number of oxime groups is 1. The van der Waals surface area contributed by atoms with E-state index in [9.17, 15) is 18.0 Å². The molecule has 1 aliphatic rings. The van der Waals surface area contributed by atoms with Crippen molar-refractivity contribution in [2.75, 3.05) is 20.2 Å². The number of amidine groups is 1. The third-order valence-electron chi connectivity index (χ3n) is 3.89. The van der Waals surface area contributed by atoms with E-state index in [-0.39, 0.29) is 12.4 Å². The number of halogens is 3. The molecule has 0 radical (unpaired) electrons. The molecule has 0 fully saturated rings. The van der Waals surface area contributed by atoms with E-state index in [1.807, 2.05) is 30.3 Å². The van der Waals surface area contributed by atoms with Crippen molar-refractivity contribution in [1.82, 2.24) is 10.4 Å². The van der Waals surface area contributed by atoms with Gasteiger partial charge in [-0.05, 0) is 6.07 Å². The second kappa shape index (κ2) is 8.12. The Balaban J connectivity index is 1.91. The Morgan fingerprint density at radius 3 is 2.57 bits per heavy atom. The van der Waals surface area contributed by atoms with Gasteiger partial charge in [0.05, 0.1) is 0 Å². The number of hydrazine groups is 1. The highest BCUT2D eigenvalue weighted by molar-refractivity contribution is 6.14. The van der Waals surface area contributed by atoms with Crippen molar-refractivity contribution < 1.29 is 22.8 Å². The van der Waals surface area contributed by atoms with E-state index < -0.39 is 18.6 Å². The minimum Gasteiger partial charge on any atom is -0.399 e. The number of nitrogens with one attached hydrogen (secondary N) is 1. The van der Waals surface area contributed by atoms with Gasteiger partial charge in [-0.2, -0.15) is 13.2 Å². The largest absolute Gasteiger partial charge is 0.408 e. The summed E-state index contributed by atoms with van der Waals surface area (Å²) in [5.41, 5.74) is 5.04. The monoisotopic (exact) mass is 390 g/mol. The van der Waals surface area contributed by atoms with Gasteiger partial charge in [0, 0.05) is 16.7 Å². The molecule has 28 heavy (non-hydrogen) atoms. The van der Waals surface area contributed by atoms with Crippen molar-refractivity contribution >= 4 is 17.5 Å². The maximum absolute atomic E-state index is 12.7. The van der Waals surface area contributed by atoms with Gasteiger partial charge in [0.1, 0.15) is 31.7 Å². The Kier molecular flexibility index (Phi) is 5.62. The van der Waals surface area contributed by atoms with Gasteiger partial charge in [-0.15, -0.1) is 0 Å². The Bertz CT molecular complexity index is 911. The molecule has 0 unspecified atom stereocenters. The van der Waals surface area contributed by atoms with E-state index in [0.29, 0.717) is 21.8 Å². The fourth-order valence-electron chi connectivity index (χ4n) is 2.69. The van der Waals surface area contributed by atoms with E-state index in [4.69, 9.17) is 4.84 Å². The zero-order chi connectivity index (χ0) is 20.1. The van der Waals surface area contributed by atoms with Gasteiger partial charge in [0.15, 0.2) is 0 Å². The third-order valence-corrected chi connectivity index (χ3v) is 3.89. The average molecular weight is 390 g/mol. The number of amides is 1. The molecule has 1 N–H and O–H groups in total. The quantitative estimate of drug-likeness (QED) is 0.631. The molecule has 0 saturated heterocycles. The first kappa shape index (κ1) is 19.4. The molecule has 0 aliphatic carbocycles. The predicted molar refractivity (Wildman–Crippen MR) is 97.8 cm³/mol. The van der Waals surface area contributed by atoms with E-state index in [2.05, 4.69) is 15.6 Å². The number of carbonyl (C=O) groups excluding carboxylic acids is 1. The van der Waals surface area contributed by atoms with Gasteiger partial charge in [0.25, 0.3) is 5.91 Å². The normalized spacial score (nSPS) is 15.1. The van der Waals surface area contributed by atoms with E-state index in [1.54, 1.807) is 24.3 Å². The number of hydrogen-bond acceptors (Lipinski definition) is 5. The first-order chi connectivity index (χ1) is 13.4. The number of benzene rings is 2. The van der Waals surface area contributed by atoms with Crippen LogP contribution in [0.1, 0.15) is 16.7 Å². The van der Waals surface area contributed by atoms with E-state index in [0.717, 1.165) is 5.56 Å². The number of rotatable bonds is 5. The van der Waals surface area contributed by atoms with Crippen LogP contribution in [0.3, 0.4) is 0 Å². The molecule has 1 heterocycles. The summed E-state index contributed by atoms with van der Waals surface area (Å²) in [5, 5.41) is 4.59. The summed E-state index contributed by atoms with van der Waals surface area (Å²) in [4.78, 5) is 20.7. The SMILES string of the molecule is CO/N=C(/c1ccccc1)c1cccc(C2=NCC(=O)N(CC(F)(F)F)N2)c1. The van der Waals surface area contributed by atoms with Crippen LogP contribution >= 0.6 is 0 Å². The van der Waals surface area contributed by atoms with E-state index in [1.165, 1.54) is 7.11 Å². The van der Waals surface area contributed by atoms with Gasteiger partial charge in [-0.1, -0.05) is 53.7 Å². The smallest absolute Gasteiger partial charge is 0.399 e. The summed E-state index contributed by atoms with van der Waals surface area (Å²) in [7, 11) is 1.43. The second-order valence-corrected chi connectivity index (χ2v) is 5.94. The summed E-state index contributed by atoms with van der Waals surface area (Å²) in [6.45, 7) is -1.76. The van der Waals surface area contributed by atoms with Crippen molar-refractivity contribution in [2.24, 2.45) is 10.1 Å². The van der Waals surface area contributed by atoms with Gasteiger partial charge >= 0.3 is 6.18 Å². The van der Waals surface area contributed by atoms with Crippen LogP contribution in [0.5, 0.6) is 0 Å². The fourth-order valence-corrected chi connectivity index (χ4v) is 2.69. The van der Waals surface area contributed by atoms with Gasteiger partial charge in [0.2, 0.25) is 0 Å². The lowest BCUT2D eigenvalue weighted by molar-refractivity contribution is -0.164. The third kappa shape index (κ3) is 4.67. The molecular weight excluding hydrogens is 373 g/mol. The maximum Gasteiger partial charge on any atom is 0.408 e. The molecular formula is C19H17F3N4O2. The van der Waals surface area contributed by atoms with Crippen molar-refractivity contribution in [3.05, 3.63) is 71.3 Å². The molecule has 1 aliphatic heterocycles. The van der Waals surface area contributed by atoms with Crippen LogP contribution in [-0.2, 0) is 9.63 Å². The van der Waals surface area contributed by atoms with Gasteiger partial charge in [-0.3, -0.25) is 15.2 Å². The van der Waals surface area contributed by atoms with Gasteiger partial charge in [-0.25, -0.2) is 5.01 Å². The zero-order valence-electron chi connectivity index (χ0n) is 14.9. The molecule has 0 spiro atoms. The Morgan fingerprint density at radius 2 is 1.89 bits per heavy atom. The molecule has 3 rings (SSSR count). The predicted octanol–water partition coefficient (Wildman–Crippen LogP) is 2.74. The summed E-state index contributed by atoms with van der Waals surface area (Å²) in [5.74, 6) is -0.571. The highest BCUT2D eigenvalue weighted by Crippen LogP contribution is 2.18. The summed E-state index contributed by atoms with van der Waals surface area (Å²) >= 11 is 0. The number of nitrogens with zero attached hydrogens (tertiary/aromatic N) is 3. The molecule has 2 aromatic rings. The van der Waals surface area contributed by atoms with Crippen LogP contribution in [-0.4, -0.2) is 48.8 Å². The van der Waals surface area contributed by atoms with Crippen LogP contribution in [0, 0.1) is 0 Å². The lowest BCUT2D eigenvalue weighted by Crippen LogP contribution is -2.54. The fraction of sp³-hybridized carbons (Fsp3) is 0.211. The van der Waals surface area contributed by atoms with Crippen LogP contribution < -0.4 is 5.43 Å². The standard InChI is InChI=1S/C19H17F3N4O2/c1-28-25-17(13-6-3-2-4-7-13)14-8-5-9-15(10-14)18-23-11-16(27)26(24-18)12-19(20,21)22/h2-10H,11-12H2,1H3,(H,23,24)/b25-17-. The molecule has 0 saturated carbocycles. The summed E-state index contributed by atoms with van der Waals surface area (Å²) in [6.07, 6.45) is -4.52. The van der Waals surface area contributed by atoms with Crippen molar-refractivity contribution in [3.8, 4) is 0 Å².